The maximum atomic E-state index is 14.0. The van der Waals surface area contributed by atoms with Gasteiger partial charge in [0.15, 0.2) is 0 Å². The summed E-state index contributed by atoms with van der Waals surface area (Å²) in [6.07, 6.45) is 4.41. The van der Waals surface area contributed by atoms with E-state index in [1.54, 1.807) is 0 Å². The van der Waals surface area contributed by atoms with Crippen LogP contribution in [0.1, 0.15) is 87.5 Å². The number of hydrogen-bond acceptors (Lipinski definition) is 8. The van der Waals surface area contributed by atoms with Gasteiger partial charge in [-0.1, -0.05) is 54.4 Å². The molecule has 2 aliphatic rings. The maximum Gasteiger partial charge on any atom is 0.315 e. The van der Waals surface area contributed by atoms with Crippen molar-refractivity contribution in [3.05, 3.63) is 0 Å². The van der Waals surface area contributed by atoms with Crippen LogP contribution in [0.15, 0.2) is 0 Å². The number of nitrogens with zero attached hydrogens (tertiary/aromatic N) is 2. The summed E-state index contributed by atoms with van der Waals surface area (Å²) < 4.78 is 25.6. The lowest BCUT2D eigenvalue weighted by molar-refractivity contribution is -0.143. The first-order valence-corrected chi connectivity index (χ1v) is 18.5. The predicted molar refractivity (Wildman–Crippen MR) is 181 cm³/mol. The average molecular weight is 686 g/mol. The first kappa shape index (κ1) is 40.4. The number of likely N-dealkylation sites (N-methyl/N-ethyl adjacent to an activating group) is 1. The Bertz CT molecular complexity index is 1240. The number of rotatable bonds is 16. The fraction of sp³-hybridized carbons (Fsp3) is 0.844. The highest BCUT2D eigenvalue weighted by molar-refractivity contribution is 7.88. The molecule has 0 radical (unpaired) electrons. The van der Waals surface area contributed by atoms with Crippen molar-refractivity contribution in [3.8, 4) is 0 Å². The largest absolute Gasteiger partial charge is 0.353 e. The molecule has 1 heterocycles. The van der Waals surface area contributed by atoms with Crippen molar-refractivity contribution in [1.82, 2.24) is 35.8 Å². The van der Waals surface area contributed by atoms with E-state index >= 15 is 0 Å². The summed E-state index contributed by atoms with van der Waals surface area (Å²) in [7, 11) is -1.99. The lowest BCUT2D eigenvalue weighted by Crippen LogP contribution is -2.61. The molecule has 1 saturated carbocycles. The van der Waals surface area contributed by atoms with Gasteiger partial charge >= 0.3 is 6.03 Å². The molecule has 0 bridgehead atoms. The molecule has 0 aromatic carbocycles. The summed E-state index contributed by atoms with van der Waals surface area (Å²) in [5.41, 5.74) is -1.08. The molecular weight excluding hydrogens is 626 g/mol. The van der Waals surface area contributed by atoms with Gasteiger partial charge in [0, 0.05) is 45.3 Å². The number of likely N-dealkylation sites (tertiary alicyclic amines) is 1. The van der Waals surface area contributed by atoms with E-state index in [2.05, 4.69) is 26.6 Å². The van der Waals surface area contributed by atoms with Crippen LogP contribution in [0.2, 0.25) is 0 Å². The van der Waals surface area contributed by atoms with Gasteiger partial charge in [-0.3, -0.25) is 19.2 Å². The third-order valence-corrected chi connectivity index (χ3v) is 10.2. The molecule has 1 aliphatic heterocycles. The standard InChI is InChI=1S/C32H59N7O7S/c1-20(2)39(47(10,45)46)17-15-34-19-24(31(3,4)5)36-30(44)37-26(32(6,7)8)29(43)38-16-11-12-23(38)27(41)35-22(18-21-13-14-21)25(40)28(42)33-9/h20-24,26,34H,11-19H2,1-10H3,(H,33,42)(H,35,41)(H2,36,37,44)/t22?,23-,24+,26+/m0/s1. The zero-order valence-corrected chi connectivity index (χ0v) is 30.8. The minimum Gasteiger partial charge on any atom is -0.353 e. The topological polar surface area (TPSA) is 186 Å². The Morgan fingerprint density at radius 3 is 2.02 bits per heavy atom. The monoisotopic (exact) mass is 685 g/mol. The Kier molecular flexibility index (Phi) is 14.2. The number of urea groups is 1. The molecule has 14 nitrogen and oxygen atoms in total. The van der Waals surface area contributed by atoms with E-state index in [1.165, 1.54) is 22.5 Å². The van der Waals surface area contributed by atoms with Gasteiger partial charge in [0.2, 0.25) is 27.6 Å². The molecule has 4 atom stereocenters. The first-order chi connectivity index (χ1) is 21.6. The van der Waals surface area contributed by atoms with Gasteiger partial charge in [0.05, 0.1) is 12.3 Å². The lowest BCUT2D eigenvalue weighted by atomic mass is 9.85. The highest BCUT2D eigenvalue weighted by Gasteiger charge is 2.43. The van der Waals surface area contributed by atoms with Gasteiger partial charge in [-0.25, -0.2) is 13.2 Å². The molecule has 5 amide bonds. The molecule has 2 rings (SSSR count). The molecule has 5 N–H and O–H groups in total. The third-order valence-electron chi connectivity index (χ3n) is 8.79. The number of sulfonamides is 1. The predicted octanol–water partition coefficient (Wildman–Crippen LogP) is 0.966. The van der Waals surface area contributed by atoms with Crippen molar-refractivity contribution >= 4 is 39.6 Å². The van der Waals surface area contributed by atoms with Crippen LogP contribution in [-0.4, -0.2) is 117 Å². The number of Topliss-reactive ketones (excluding diaryl/α,β-unsaturated/α-hetero) is 1. The Morgan fingerprint density at radius 1 is 0.915 bits per heavy atom. The highest BCUT2D eigenvalue weighted by Crippen LogP contribution is 2.34. The number of nitrogens with one attached hydrogen (secondary N) is 5. The number of carbonyl (C=O) groups is 5. The van der Waals surface area contributed by atoms with Crippen LogP contribution in [0.3, 0.4) is 0 Å². The molecule has 270 valence electrons. The fourth-order valence-electron chi connectivity index (χ4n) is 5.73. The van der Waals surface area contributed by atoms with Crippen molar-refractivity contribution in [2.75, 3.05) is 39.5 Å². The number of amides is 5. The second-order valence-corrected chi connectivity index (χ2v) is 17.3. The van der Waals surface area contributed by atoms with E-state index < -0.39 is 63.1 Å². The van der Waals surface area contributed by atoms with Crippen LogP contribution in [-0.2, 0) is 29.2 Å². The summed E-state index contributed by atoms with van der Waals surface area (Å²) >= 11 is 0. The second kappa shape index (κ2) is 16.6. The summed E-state index contributed by atoms with van der Waals surface area (Å²) in [5, 5.41) is 14.2. The van der Waals surface area contributed by atoms with E-state index in [1.807, 2.05) is 55.4 Å². The van der Waals surface area contributed by atoms with E-state index in [-0.39, 0.29) is 30.0 Å². The summed E-state index contributed by atoms with van der Waals surface area (Å²) in [5.74, 6) is -2.08. The molecule has 0 aromatic rings. The van der Waals surface area contributed by atoms with Crippen LogP contribution in [0.4, 0.5) is 4.79 Å². The minimum absolute atomic E-state index is 0.184. The van der Waals surface area contributed by atoms with Crippen LogP contribution in [0.5, 0.6) is 0 Å². The highest BCUT2D eigenvalue weighted by atomic mass is 32.2. The summed E-state index contributed by atoms with van der Waals surface area (Å²) in [6.45, 7) is 16.4. The normalized spacial score (nSPS) is 19.2. The van der Waals surface area contributed by atoms with Gasteiger partial charge in [0.1, 0.15) is 12.1 Å². The number of hydrogen-bond donors (Lipinski definition) is 5. The Balaban J connectivity index is 2.11. The Labute approximate surface area is 281 Å². The number of ketones is 1. The van der Waals surface area contributed by atoms with Crippen molar-refractivity contribution in [2.45, 2.75) is 118 Å². The third kappa shape index (κ3) is 12.3. The molecular formula is C32H59N7O7S. The summed E-state index contributed by atoms with van der Waals surface area (Å²) in [4.78, 5) is 67.1. The van der Waals surface area contributed by atoms with Crippen molar-refractivity contribution in [2.24, 2.45) is 16.7 Å². The van der Waals surface area contributed by atoms with Crippen molar-refractivity contribution < 1.29 is 32.4 Å². The molecule has 1 aliphatic carbocycles. The molecule has 47 heavy (non-hydrogen) atoms. The molecule has 0 spiro atoms. The molecule has 2 fully saturated rings. The number of carbonyl (C=O) groups excluding carboxylic acids is 5. The Hall–Kier alpha value is -2.78. The SMILES string of the molecule is CNC(=O)C(=O)C(CC1CC1)NC(=O)[C@@H]1CCCN1C(=O)[C@@H](NC(=O)N[C@H](CNCCN(C(C)C)S(C)(=O)=O)C(C)(C)C)C(C)(C)C. The van der Waals surface area contributed by atoms with Gasteiger partial charge in [-0.05, 0) is 49.9 Å². The molecule has 1 saturated heterocycles. The minimum atomic E-state index is -3.36. The van der Waals surface area contributed by atoms with Crippen LogP contribution in [0.25, 0.3) is 0 Å². The second-order valence-electron chi connectivity index (χ2n) is 15.4. The van der Waals surface area contributed by atoms with Crippen LogP contribution >= 0.6 is 0 Å². The average Bonchev–Trinajstić information content (AvgIpc) is 3.62. The zero-order valence-electron chi connectivity index (χ0n) is 30.0. The van der Waals surface area contributed by atoms with E-state index in [9.17, 15) is 32.4 Å². The van der Waals surface area contributed by atoms with Gasteiger partial charge in [0.25, 0.3) is 5.91 Å². The lowest BCUT2D eigenvalue weighted by Gasteiger charge is -2.37. The zero-order chi connectivity index (χ0) is 35.9. The fourth-order valence-corrected chi connectivity index (χ4v) is 6.92. The smallest absolute Gasteiger partial charge is 0.315 e. The van der Waals surface area contributed by atoms with E-state index in [0.29, 0.717) is 38.9 Å². The van der Waals surface area contributed by atoms with Gasteiger partial charge in [-0.15, -0.1) is 0 Å². The van der Waals surface area contributed by atoms with Crippen LogP contribution in [0, 0.1) is 16.7 Å². The van der Waals surface area contributed by atoms with Crippen molar-refractivity contribution in [3.63, 3.8) is 0 Å². The van der Waals surface area contributed by atoms with Crippen molar-refractivity contribution in [1.29, 1.82) is 0 Å². The maximum absolute atomic E-state index is 14.0. The van der Waals surface area contributed by atoms with Gasteiger partial charge in [-0.2, -0.15) is 4.31 Å². The van der Waals surface area contributed by atoms with Gasteiger partial charge < -0.3 is 31.5 Å². The first-order valence-electron chi connectivity index (χ1n) is 16.7. The van der Waals surface area contributed by atoms with E-state index in [4.69, 9.17) is 0 Å². The summed E-state index contributed by atoms with van der Waals surface area (Å²) in [6, 6.07) is -3.85. The van der Waals surface area contributed by atoms with E-state index in [0.717, 1.165) is 12.8 Å². The Morgan fingerprint density at radius 2 is 1.53 bits per heavy atom. The van der Waals surface area contributed by atoms with Crippen LogP contribution < -0.4 is 26.6 Å². The quantitative estimate of drug-likeness (QED) is 0.118. The molecule has 15 heteroatoms. The molecule has 0 aromatic heterocycles. The molecule has 1 unspecified atom stereocenters.